The summed E-state index contributed by atoms with van der Waals surface area (Å²) in [7, 11) is 0. The molecule has 0 fully saturated rings. The Morgan fingerprint density at radius 3 is 2.42 bits per heavy atom. The molecule has 0 aliphatic carbocycles. The molecule has 0 saturated heterocycles. The average Bonchev–Trinajstić information content (AvgIpc) is 2.72. The van der Waals surface area contributed by atoms with Crippen molar-refractivity contribution in [2.75, 3.05) is 6.54 Å². The first-order valence-corrected chi connectivity index (χ1v) is 7.81. The van der Waals surface area contributed by atoms with Gasteiger partial charge in [0.05, 0.1) is 12.1 Å². The molecule has 2 amide bonds. The van der Waals surface area contributed by atoms with Gasteiger partial charge in [0.25, 0.3) is 11.8 Å². The van der Waals surface area contributed by atoms with E-state index in [4.69, 9.17) is 4.74 Å². The van der Waals surface area contributed by atoms with E-state index in [0.29, 0.717) is 23.3 Å². The van der Waals surface area contributed by atoms with Crippen LogP contribution in [0.5, 0.6) is 5.75 Å². The summed E-state index contributed by atoms with van der Waals surface area (Å²) in [5, 5.41) is 0. The van der Waals surface area contributed by atoms with Gasteiger partial charge >= 0.3 is 0 Å². The van der Waals surface area contributed by atoms with Crippen molar-refractivity contribution in [3.05, 3.63) is 65.7 Å². The third-order valence-electron chi connectivity index (χ3n) is 3.94. The molecule has 2 aromatic carbocycles. The van der Waals surface area contributed by atoms with Crippen LogP contribution in [0.25, 0.3) is 0 Å². The minimum atomic E-state index is -0.777. The molecular formula is C19H17NO4. The summed E-state index contributed by atoms with van der Waals surface area (Å²) in [6, 6.07) is 15.3. The van der Waals surface area contributed by atoms with E-state index in [-0.39, 0.29) is 12.3 Å². The lowest BCUT2D eigenvalue weighted by Crippen LogP contribution is -2.45. The highest BCUT2D eigenvalue weighted by molar-refractivity contribution is 6.12. The van der Waals surface area contributed by atoms with Crippen molar-refractivity contribution in [3.63, 3.8) is 0 Å². The molecule has 1 aliphatic rings. The summed E-state index contributed by atoms with van der Waals surface area (Å²) < 4.78 is 5.68. The standard InChI is InChI=1S/C19H17NO4/c1-2-16-19(23)20(12-15(21)13-8-4-3-5-9-13)18(22)14-10-6-7-11-17(14)24-16/h3-11,16H,2,12H2,1H3. The molecule has 0 aromatic heterocycles. The third kappa shape index (κ3) is 2.93. The number of hydrogen-bond donors (Lipinski definition) is 0. The number of rotatable bonds is 4. The predicted molar refractivity (Wildman–Crippen MR) is 88.0 cm³/mol. The van der Waals surface area contributed by atoms with Gasteiger partial charge in [-0.25, -0.2) is 0 Å². The first kappa shape index (κ1) is 15.9. The highest BCUT2D eigenvalue weighted by Crippen LogP contribution is 2.26. The van der Waals surface area contributed by atoms with Crippen LogP contribution < -0.4 is 4.74 Å². The Morgan fingerprint density at radius 2 is 1.71 bits per heavy atom. The topological polar surface area (TPSA) is 63.7 Å². The fraction of sp³-hybridized carbons (Fsp3) is 0.211. The number of amides is 2. The average molecular weight is 323 g/mol. The zero-order valence-corrected chi connectivity index (χ0v) is 13.3. The number of Topliss-reactive ketones (excluding diaryl/α,β-unsaturated/α-hetero) is 1. The second kappa shape index (κ2) is 6.66. The first-order valence-electron chi connectivity index (χ1n) is 7.81. The van der Waals surface area contributed by atoms with Crippen LogP contribution in [-0.4, -0.2) is 35.1 Å². The van der Waals surface area contributed by atoms with Gasteiger partial charge in [-0.3, -0.25) is 19.3 Å². The van der Waals surface area contributed by atoms with Crippen LogP contribution in [0.3, 0.4) is 0 Å². The van der Waals surface area contributed by atoms with Gasteiger partial charge in [-0.1, -0.05) is 49.4 Å². The molecule has 0 saturated carbocycles. The molecule has 3 rings (SSSR count). The second-order valence-electron chi connectivity index (χ2n) is 5.53. The molecule has 0 bridgehead atoms. The molecule has 2 aromatic rings. The number of hydrogen-bond acceptors (Lipinski definition) is 4. The number of para-hydroxylation sites is 1. The van der Waals surface area contributed by atoms with Gasteiger partial charge in [-0.2, -0.15) is 0 Å². The predicted octanol–water partition coefficient (Wildman–Crippen LogP) is 2.71. The van der Waals surface area contributed by atoms with Crippen LogP contribution in [0.2, 0.25) is 0 Å². The van der Waals surface area contributed by atoms with E-state index in [2.05, 4.69) is 0 Å². The summed E-state index contributed by atoms with van der Waals surface area (Å²) in [6.07, 6.45) is -0.364. The van der Waals surface area contributed by atoms with Crippen LogP contribution in [0.1, 0.15) is 34.1 Å². The summed E-state index contributed by atoms with van der Waals surface area (Å²) in [5.74, 6) is -0.900. The van der Waals surface area contributed by atoms with Crippen LogP contribution >= 0.6 is 0 Å². The van der Waals surface area contributed by atoms with E-state index in [9.17, 15) is 14.4 Å². The van der Waals surface area contributed by atoms with Crippen LogP contribution in [0.15, 0.2) is 54.6 Å². The fourth-order valence-electron chi connectivity index (χ4n) is 2.64. The minimum Gasteiger partial charge on any atom is -0.480 e. The molecule has 0 radical (unpaired) electrons. The fourth-order valence-corrected chi connectivity index (χ4v) is 2.64. The highest BCUT2D eigenvalue weighted by atomic mass is 16.5. The SMILES string of the molecule is CCC1Oc2ccccc2C(=O)N(CC(=O)c2ccccc2)C1=O. The number of nitrogens with zero attached hydrogens (tertiary/aromatic N) is 1. The van der Waals surface area contributed by atoms with Gasteiger partial charge in [0, 0.05) is 5.56 Å². The molecule has 1 atom stereocenters. The zero-order chi connectivity index (χ0) is 17.1. The Bertz CT molecular complexity index is 785. The Balaban J connectivity index is 1.94. The Hall–Kier alpha value is -2.95. The van der Waals surface area contributed by atoms with Gasteiger partial charge < -0.3 is 4.74 Å². The summed E-state index contributed by atoms with van der Waals surface area (Å²) >= 11 is 0. The molecule has 1 unspecified atom stereocenters. The molecule has 5 heteroatoms. The summed E-state index contributed by atoms with van der Waals surface area (Å²) in [5.41, 5.74) is 0.757. The molecule has 24 heavy (non-hydrogen) atoms. The van der Waals surface area contributed by atoms with Crippen molar-refractivity contribution in [1.29, 1.82) is 0 Å². The van der Waals surface area contributed by atoms with Crippen molar-refractivity contribution in [3.8, 4) is 5.75 Å². The van der Waals surface area contributed by atoms with Gasteiger partial charge in [-0.05, 0) is 18.6 Å². The summed E-state index contributed by atoms with van der Waals surface area (Å²) in [4.78, 5) is 38.8. The zero-order valence-electron chi connectivity index (χ0n) is 13.3. The quantitative estimate of drug-likeness (QED) is 0.641. The normalized spacial score (nSPS) is 17.0. The maximum Gasteiger partial charge on any atom is 0.270 e. The van der Waals surface area contributed by atoms with E-state index in [1.54, 1.807) is 61.5 Å². The van der Waals surface area contributed by atoms with Crippen molar-refractivity contribution in [1.82, 2.24) is 4.90 Å². The van der Waals surface area contributed by atoms with Gasteiger partial charge in [0.2, 0.25) is 0 Å². The van der Waals surface area contributed by atoms with Crippen molar-refractivity contribution >= 4 is 17.6 Å². The molecule has 122 valence electrons. The van der Waals surface area contributed by atoms with Crippen molar-refractivity contribution < 1.29 is 19.1 Å². The van der Waals surface area contributed by atoms with E-state index >= 15 is 0 Å². The largest absolute Gasteiger partial charge is 0.480 e. The van der Waals surface area contributed by atoms with E-state index in [0.717, 1.165) is 4.90 Å². The van der Waals surface area contributed by atoms with Crippen LogP contribution in [0.4, 0.5) is 0 Å². The third-order valence-corrected chi connectivity index (χ3v) is 3.94. The number of imide groups is 1. The number of benzene rings is 2. The number of ketones is 1. The molecule has 1 heterocycles. The lowest BCUT2D eigenvalue weighted by molar-refractivity contribution is -0.135. The molecule has 0 spiro atoms. The van der Waals surface area contributed by atoms with Crippen molar-refractivity contribution in [2.45, 2.75) is 19.4 Å². The maximum absolute atomic E-state index is 12.7. The van der Waals surface area contributed by atoms with Gasteiger partial charge in [-0.15, -0.1) is 0 Å². The van der Waals surface area contributed by atoms with E-state index in [1.165, 1.54) is 0 Å². The number of carbonyl (C=O) groups excluding carboxylic acids is 3. The Kier molecular flexibility index (Phi) is 4.42. The Labute approximate surface area is 139 Å². The first-order chi connectivity index (χ1) is 11.6. The van der Waals surface area contributed by atoms with Crippen molar-refractivity contribution in [2.24, 2.45) is 0 Å². The van der Waals surface area contributed by atoms with Gasteiger partial charge in [0.1, 0.15) is 5.75 Å². The number of fused-ring (bicyclic) bond motifs is 1. The summed E-state index contributed by atoms with van der Waals surface area (Å²) in [6.45, 7) is 1.51. The lowest BCUT2D eigenvalue weighted by atomic mass is 10.1. The van der Waals surface area contributed by atoms with Gasteiger partial charge in [0.15, 0.2) is 11.9 Å². The monoisotopic (exact) mass is 323 g/mol. The number of ether oxygens (including phenoxy) is 1. The van der Waals surface area contributed by atoms with Crippen LogP contribution in [-0.2, 0) is 4.79 Å². The minimum absolute atomic E-state index is 0.286. The molecule has 5 nitrogen and oxygen atoms in total. The molecule has 1 aliphatic heterocycles. The van der Waals surface area contributed by atoms with E-state index < -0.39 is 17.9 Å². The second-order valence-corrected chi connectivity index (χ2v) is 5.53. The lowest BCUT2D eigenvalue weighted by Gasteiger charge is -2.21. The molecule has 0 N–H and O–H groups in total. The van der Waals surface area contributed by atoms with Crippen LogP contribution in [0, 0.1) is 0 Å². The smallest absolute Gasteiger partial charge is 0.270 e. The molecular weight excluding hydrogens is 306 g/mol. The highest BCUT2D eigenvalue weighted by Gasteiger charge is 2.36. The van der Waals surface area contributed by atoms with E-state index in [1.807, 2.05) is 0 Å². The number of carbonyl (C=O) groups is 3. The maximum atomic E-state index is 12.7. The Morgan fingerprint density at radius 1 is 1.04 bits per heavy atom.